The molecule has 6 unspecified atom stereocenters. The Kier molecular flexibility index (Phi) is 1.49. The van der Waals surface area contributed by atoms with Crippen LogP contribution in [0, 0.1) is 23.7 Å². The molecule has 3 rings (SSSR count). The quantitative estimate of drug-likeness (QED) is 0.465. The van der Waals surface area contributed by atoms with Crippen molar-refractivity contribution in [2.75, 3.05) is 0 Å². The van der Waals surface area contributed by atoms with E-state index in [9.17, 15) is 0 Å². The molecule has 6 atom stereocenters. The topological polar surface area (TPSA) is 12.5 Å². The van der Waals surface area contributed by atoms with Gasteiger partial charge in [0.25, 0.3) is 0 Å². The summed E-state index contributed by atoms with van der Waals surface area (Å²) < 4.78 is 5.61. The third-order valence-electron chi connectivity index (χ3n) is 4.19. The number of epoxide rings is 1. The summed E-state index contributed by atoms with van der Waals surface area (Å²) in [7, 11) is 0. The second-order valence-corrected chi connectivity index (χ2v) is 4.65. The summed E-state index contributed by atoms with van der Waals surface area (Å²) in [6.45, 7) is 7.87. The van der Waals surface area contributed by atoms with E-state index in [-0.39, 0.29) is 0 Å². The lowest BCUT2D eigenvalue weighted by Crippen LogP contribution is -2.16. The molecule has 1 aliphatic heterocycles. The SMILES string of the molecule is C=CC1CC(C=C)C2C1CC1OC12. The molecule has 0 aromatic carbocycles. The van der Waals surface area contributed by atoms with Crippen LogP contribution in [0.4, 0.5) is 0 Å². The molecule has 1 heterocycles. The van der Waals surface area contributed by atoms with Crippen LogP contribution in [0.2, 0.25) is 0 Å². The van der Waals surface area contributed by atoms with E-state index in [1.165, 1.54) is 12.8 Å². The van der Waals surface area contributed by atoms with Crippen molar-refractivity contribution in [2.24, 2.45) is 23.7 Å². The number of ether oxygens (including phenoxy) is 1. The predicted molar refractivity (Wildman–Crippen MR) is 52.2 cm³/mol. The van der Waals surface area contributed by atoms with Gasteiger partial charge in [-0.15, -0.1) is 13.2 Å². The molecule has 0 spiro atoms. The van der Waals surface area contributed by atoms with E-state index < -0.39 is 0 Å². The Balaban J connectivity index is 1.88. The molecule has 0 amide bonds. The van der Waals surface area contributed by atoms with Crippen LogP contribution in [-0.2, 0) is 4.74 Å². The highest BCUT2D eigenvalue weighted by Gasteiger charge is 2.61. The monoisotopic (exact) mass is 176 g/mol. The first-order chi connectivity index (χ1) is 6.35. The first-order valence-corrected chi connectivity index (χ1v) is 5.25. The van der Waals surface area contributed by atoms with Crippen LogP contribution in [0.25, 0.3) is 0 Å². The van der Waals surface area contributed by atoms with E-state index in [0.29, 0.717) is 18.1 Å². The first-order valence-electron chi connectivity index (χ1n) is 5.25. The molecule has 1 heteroatoms. The van der Waals surface area contributed by atoms with Gasteiger partial charge in [-0.1, -0.05) is 12.2 Å². The van der Waals surface area contributed by atoms with Crippen molar-refractivity contribution in [3.05, 3.63) is 25.3 Å². The highest BCUT2D eigenvalue weighted by molar-refractivity contribution is 5.15. The van der Waals surface area contributed by atoms with Gasteiger partial charge in [0.2, 0.25) is 0 Å². The van der Waals surface area contributed by atoms with Gasteiger partial charge in [0, 0.05) is 0 Å². The fourth-order valence-electron chi connectivity index (χ4n) is 3.55. The molecule has 2 aliphatic carbocycles. The zero-order valence-corrected chi connectivity index (χ0v) is 7.86. The largest absolute Gasteiger partial charge is 0.369 e. The molecule has 0 radical (unpaired) electrons. The third-order valence-corrected chi connectivity index (χ3v) is 4.19. The van der Waals surface area contributed by atoms with E-state index >= 15 is 0 Å². The molecule has 1 saturated heterocycles. The van der Waals surface area contributed by atoms with E-state index in [1.807, 2.05) is 0 Å². The molecule has 0 aromatic heterocycles. The van der Waals surface area contributed by atoms with E-state index in [1.54, 1.807) is 0 Å². The van der Waals surface area contributed by atoms with Crippen molar-refractivity contribution in [1.82, 2.24) is 0 Å². The first kappa shape index (κ1) is 7.81. The maximum absolute atomic E-state index is 5.61. The minimum Gasteiger partial charge on any atom is -0.369 e. The van der Waals surface area contributed by atoms with Crippen LogP contribution in [-0.4, -0.2) is 12.2 Å². The Labute approximate surface area is 79.5 Å². The molecule has 0 bridgehead atoms. The van der Waals surface area contributed by atoms with Crippen molar-refractivity contribution >= 4 is 0 Å². The van der Waals surface area contributed by atoms with Gasteiger partial charge in [-0.25, -0.2) is 0 Å². The molecule has 70 valence electrons. The number of hydrogen-bond donors (Lipinski definition) is 0. The summed E-state index contributed by atoms with van der Waals surface area (Å²) in [5.41, 5.74) is 0. The van der Waals surface area contributed by atoms with Crippen LogP contribution in [0.1, 0.15) is 12.8 Å². The van der Waals surface area contributed by atoms with Gasteiger partial charge in [0.05, 0.1) is 12.2 Å². The molecule has 13 heavy (non-hydrogen) atoms. The molecule has 3 aliphatic rings. The number of rotatable bonds is 2. The summed E-state index contributed by atoms with van der Waals surface area (Å²) in [5, 5.41) is 0. The van der Waals surface area contributed by atoms with Crippen molar-refractivity contribution in [1.29, 1.82) is 0 Å². The van der Waals surface area contributed by atoms with Crippen molar-refractivity contribution in [3.8, 4) is 0 Å². The summed E-state index contributed by atoms with van der Waals surface area (Å²) in [6.07, 6.45) is 7.99. The molecule has 1 nitrogen and oxygen atoms in total. The Hall–Kier alpha value is -0.560. The highest BCUT2D eigenvalue weighted by Crippen LogP contribution is 2.59. The minimum atomic E-state index is 0.581. The molecule has 0 N–H and O–H groups in total. The van der Waals surface area contributed by atoms with Crippen molar-refractivity contribution in [3.63, 3.8) is 0 Å². The summed E-state index contributed by atoms with van der Waals surface area (Å²) in [6, 6.07) is 0. The van der Waals surface area contributed by atoms with Gasteiger partial charge in [-0.05, 0) is 36.5 Å². The second kappa shape index (κ2) is 2.48. The molecular weight excluding hydrogens is 160 g/mol. The summed E-state index contributed by atoms with van der Waals surface area (Å²) >= 11 is 0. The van der Waals surface area contributed by atoms with Gasteiger partial charge in [0.15, 0.2) is 0 Å². The standard InChI is InChI=1S/C12H16O/c1-3-7-5-8(4-2)11-9(7)6-10-12(11)13-10/h3-4,7-12H,1-2,5-6H2. The average Bonchev–Trinajstić information content (AvgIpc) is 2.68. The lowest BCUT2D eigenvalue weighted by Gasteiger charge is -2.17. The fraction of sp³-hybridized carbons (Fsp3) is 0.667. The van der Waals surface area contributed by atoms with Crippen molar-refractivity contribution in [2.45, 2.75) is 25.0 Å². The highest BCUT2D eigenvalue weighted by atomic mass is 16.6. The van der Waals surface area contributed by atoms with Gasteiger partial charge in [-0.2, -0.15) is 0 Å². The normalized spacial score (nSPS) is 56.9. The van der Waals surface area contributed by atoms with Crippen molar-refractivity contribution < 1.29 is 4.74 Å². The maximum atomic E-state index is 5.61. The zero-order chi connectivity index (χ0) is 9.00. The third kappa shape index (κ3) is 0.912. The van der Waals surface area contributed by atoms with Crippen LogP contribution < -0.4 is 0 Å². The van der Waals surface area contributed by atoms with Crippen LogP contribution in [0.5, 0.6) is 0 Å². The Bertz CT molecular complexity index is 258. The van der Waals surface area contributed by atoms with E-state index in [2.05, 4.69) is 25.3 Å². The molecule has 3 fully saturated rings. The Morgan fingerprint density at radius 1 is 1.08 bits per heavy atom. The van der Waals surface area contributed by atoms with Crippen LogP contribution in [0.15, 0.2) is 25.3 Å². The number of allylic oxidation sites excluding steroid dienone is 2. The van der Waals surface area contributed by atoms with Crippen LogP contribution in [0.3, 0.4) is 0 Å². The molecule has 2 saturated carbocycles. The Morgan fingerprint density at radius 2 is 1.85 bits per heavy atom. The zero-order valence-electron chi connectivity index (χ0n) is 7.86. The lowest BCUT2D eigenvalue weighted by atomic mass is 9.89. The smallest absolute Gasteiger partial charge is 0.0878 e. The van der Waals surface area contributed by atoms with E-state index in [0.717, 1.165) is 17.8 Å². The summed E-state index contributed by atoms with van der Waals surface area (Å²) in [5.74, 6) is 3.03. The lowest BCUT2D eigenvalue weighted by molar-refractivity contribution is 0.198. The predicted octanol–water partition coefficient (Wildman–Crippen LogP) is 2.40. The van der Waals surface area contributed by atoms with E-state index in [4.69, 9.17) is 4.74 Å². The average molecular weight is 176 g/mol. The fourth-order valence-corrected chi connectivity index (χ4v) is 3.55. The van der Waals surface area contributed by atoms with Gasteiger partial charge < -0.3 is 4.74 Å². The molecular formula is C12H16O. The van der Waals surface area contributed by atoms with Gasteiger partial charge >= 0.3 is 0 Å². The summed E-state index contributed by atoms with van der Waals surface area (Å²) in [4.78, 5) is 0. The van der Waals surface area contributed by atoms with Crippen LogP contribution >= 0.6 is 0 Å². The minimum absolute atomic E-state index is 0.581. The Morgan fingerprint density at radius 3 is 2.54 bits per heavy atom. The number of fused-ring (bicyclic) bond motifs is 3. The number of hydrogen-bond acceptors (Lipinski definition) is 1. The second-order valence-electron chi connectivity index (χ2n) is 4.65. The maximum Gasteiger partial charge on any atom is 0.0878 e. The van der Waals surface area contributed by atoms with Gasteiger partial charge in [-0.3, -0.25) is 0 Å². The van der Waals surface area contributed by atoms with Gasteiger partial charge in [0.1, 0.15) is 0 Å². The molecule has 0 aromatic rings.